The molecule has 0 amide bonds. The highest BCUT2D eigenvalue weighted by molar-refractivity contribution is 9.10. The Hall–Kier alpha value is -2.15. The Bertz CT molecular complexity index is 661. The van der Waals surface area contributed by atoms with Crippen molar-refractivity contribution in [1.29, 1.82) is 0 Å². The molecular weight excluding hydrogens is 328 g/mol. The molecule has 7 heteroatoms. The van der Waals surface area contributed by atoms with Crippen LogP contribution in [0.25, 0.3) is 0 Å². The van der Waals surface area contributed by atoms with Crippen LogP contribution in [0.15, 0.2) is 34.8 Å². The van der Waals surface area contributed by atoms with E-state index in [0.29, 0.717) is 5.75 Å². The van der Waals surface area contributed by atoms with Crippen molar-refractivity contribution in [3.8, 4) is 17.5 Å². The van der Waals surface area contributed by atoms with E-state index in [2.05, 4.69) is 20.9 Å². The number of ether oxygens (including phenoxy) is 2. The second-order valence-corrected chi connectivity index (χ2v) is 4.80. The van der Waals surface area contributed by atoms with Crippen molar-refractivity contribution in [2.75, 3.05) is 7.11 Å². The van der Waals surface area contributed by atoms with Gasteiger partial charge >= 0.3 is 11.6 Å². The van der Waals surface area contributed by atoms with Crippen LogP contribution in [0.4, 0.5) is 5.69 Å². The molecule has 0 radical (unpaired) electrons. The molecule has 0 aliphatic rings. The molecule has 0 aliphatic heterocycles. The third kappa shape index (κ3) is 3.05. The van der Waals surface area contributed by atoms with E-state index in [0.717, 1.165) is 10.0 Å². The predicted molar refractivity (Wildman–Crippen MR) is 76.4 cm³/mol. The van der Waals surface area contributed by atoms with Crippen molar-refractivity contribution in [3.63, 3.8) is 0 Å². The van der Waals surface area contributed by atoms with E-state index in [1.165, 1.54) is 19.2 Å². The molecule has 1 heterocycles. The molecule has 0 saturated carbocycles. The van der Waals surface area contributed by atoms with Gasteiger partial charge in [0, 0.05) is 16.6 Å². The number of nitro groups is 1. The van der Waals surface area contributed by atoms with E-state index in [-0.39, 0.29) is 17.4 Å². The van der Waals surface area contributed by atoms with Crippen molar-refractivity contribution in [3.05, 3.63) is 50.5 Å². The van der Waals surface area contributed by atoms with E-state index in [9.17, 15) is 10.1 Å². The van der Waals surface area contributed by atoms with Gasteiger partial charge in [0.2, 0.25) is 5.88 Å². The van der Waals surface area contributed by atoms with Crippen LogP contribution in [0, 0.1) is 17.0 Å². The van der Waals surface area contributed by atoms with Gasteiger partial charge in [0.15, 0.2) is 0 Å². The number of rotatable bonds is 4. The molecule has 0 unspecified atom stereocenters. The topological polar surface area (TPSA) is 74.5 Å². The van der Waals surface area contributed by atoms with Gasteiger partial charge < -0.3 is 9.47 Å². The van der Waals surface area contributed by atoms with E-state index in [1.54, 1.807) is 18.2 Å². The Balaban J connectivity index is 2.40. The van der Waals surface area contributed by atoms with Crippen molar-refractivity contribution in [1.82, 2.24) is 4.98 Å². The molecule has 2 aromatic rings. The zero-order chi connectivity index (χ0) is 14.7. The second kappa shape index (κ2) is 5.87. The van der Waals surface area contributed by atoms with Gasteiger partial charge in [0.05, 0.1) is 12.0 Å². The fraction of sp³-hybridized carbons (Fsp3) is 0.154. The van der Waals surface area contributed by atoms with Gasteiger partial charge in [-0.25, -0.2) is 0 Å². The molecule has 0 saturated heterocycles. The Labute approximate surface area is 123 Å². The van der Waals surface area contributed by atoms with Crippen LogP contribution < -0.4 is 9.47 Å². The van der Waals surface area contributed by atoms with Crippen LogP contribution in [0.1, 0.15) is 5.56 Å². The summed E-state index contributed by atoms with van der Waals surface area (Å²) >= 11 is 3.38. The average molecular weight is 339 g/mol. The van der Waals surface area contributed by atoms with Crippen molar-refractivity contribution in [2.45, 2.75) is 6.92 Å². The number of methoxy groups -OCH3 is 1. The van der Waals surface area contributed by atoms with E-state index < -0.39 is 4.92 Å². The van der Waals surface area contributed by atoms with Gasteiger partial charge in [-0.15, -0.1) is 0 Å². The highest BCUT2D eigenvalue weighted by atomic mass is 79.9. The molecule has 2 rings (SSSR count). The lowest BCUT2D eigenvalue weighted by Gasteiger charge is -2.08. The first-order chi connectivity index (χ1) is 9.51. The monoisotopic (exact) mass is 338 g/mol. The molecule has 1 aromatic heterocycles. The Morgan fingerprint density at radius 1 is 1.30 bits per heavy atom. The van der Waals surface area contributed by atoms with Gasteiger partial charge in [0.25, 0.3) is 0 Å². The van der Waals surface area contributed by atoms with Gasteiger partial charge in [-0.2, -0.15) is 4.98 Å². The first-order valence-electron chi connectivity index (χ1n) is 5.64. The lowest BCUT2D eigenvalue weighted by atomic mass is 10.2. The minimum absolute atomic E-state index is 0.101. The number of aryl methyl sites for hydroxylation is 1. The summed E-state index contributed by atoms with van der Waals surface area (Å²) in [7, 11) is 1.43. The zero-order valence-corrected chi connectivity index (χ0v) is 12.4. The standard InChI is InChI=1S/C13H11BrN2O4/c1-8-7-9(3-4-10(8)14)20-13-11(16(17)18)5-6-12(15-13)19-2/h3-7H,1-2H3. The highest BCUT2D eigenvalue weighted by Crippen LogP contribution is 2.32. The molecular formula is C13H11BrN2O4. The van der Waals surface area contributed by atoms with Crippen LogP contribution in [0.2, 0.25) is 0 Å². The summed E-state index contributed by atoms with van der Waals surface area (Å²) in [6.45, 7) is 1.89. The normalized spacial score (nSPS) is 10.2. The van der Waals surface area contributed by atoms with E-state index in [4.69, 9.17) is 9.47 Å². The quantitative estimate of drug-likeness (QED) is 0.625. The molecule has 104 valence electrons. The average Bonchev–Trinajstić information content (AvgIpc) is 2.42. The third-order valence-electron chi connectivity index (χ3n) is 2.56. The SMILES string of the molecule is COc1ccc([N+](=O)[O-])c(Oc2ccc(Br)c(C)c2)n1. The van der Waals surface area contributed by atoms with Gasteiger partial charge in [-0.3, -0.25) is 10.1 Å². The molecule has 0 atom stereocenters. The largest absolute Gasteiger partial charge is 0.481 e. The van der Waals surface area contributed by atoms with Gasteiger partial charge in [0.1, 0.15) is 5.75 Å². The van der Waals surface area contributed by atoms with Crippen LogP contribution >= 0.6 is 15.9 Å². The number of halogens is 1. The van der Waals surface area contributed by atoms with Gasteiger partial charge in [-0.05, 0) is 30.7 Å². The van der Waals surface area contributed by atoms with Crippen LogP contribution in [-0.4, -0.2) is 17.0 Å². The maximum Gasteiger partial charge on any atom is 0.331 e. The van der Waals surface area contributed by atoms with Crippen LogP contribution in [-0.2, 0) is 0 Å². The smallest absolute Gasteiger partial charge is 0.331 e. The first-order valence-corrected chi connectivity index (χ1v) is 6.44. The fourth-order valence-electron chi connectivity index (χ4n) is 1.54. The zero-order valence-electron chi connectivity index (χ0n) is 10.8. The number of hydrogen-bond acceptors (Lipinski definition) is 5. The predicted octanol–water partition coefficient (Wildman–Crippen LogP) is 3.86. The summed E-state index contributed by atoms with van der Waals surface area (Å²) in [5, 5.41) is 11.0. The minimum Gasteiger partial charge on any atom is -0.481 e. The molecule has 0 fully saturated rings. The summed E-state index contributed by atoms with van der Waals surface area (Å²) in [4.78, 5) is 14.4. The number of hydrogen-bond donors (Lipinski definition) is 0. The Kier molecular flexibility index (Phi) is 4.19. The van der Waals surface area contributed by atoms with Crippen LogP contribution in [0.3, 0.4) is 0 Å². The molecule has 20 heavy (non-hydrogen) atoms. The van der Waals surface area contributed by atoms with Crippen molar-refractivity contribution in [2.24, 2.45) is 0 Å². The molecule has 0 N–H and O–H groups in total. The molecule has 1 aromatic carbocycles. The highest BCUT2D eigenvalue weighted by Gasteiger charge is 2.19. The van der Waals surface area contributed by atoms with Crippen molar-refractivity contribution >= 4 is 21.6 Å². The van der Waals surface area contributed by atoms with E-state index in [1.807, 2.05) is 6.92 Å². The molecule has 0 aliphatic carbocycles. The van der Waals surface area contributed by atoms with Crippen LogP contribution in [0.5, 0.6) is 17.5 Å². The van der Waals surface area contributed by atoms with E-state index >= 15 is 0 Å². The lowest BCUT2D eigenvalue weighted by Crippen LogP contribution is -1.98. The third-order valence-corrected chi connectivity index (χ3v) is 3.45. The lowest BCUT2D eigenvalue weighted by molar-refractivity contribution is -0.386. The molecule has 0 bridgehead atoms. The number of nitrogens with zero attached hydrogens (tertiary/aromatic N) is 2. The summed E-state index contributed by atoms with van der Waals surface area (Å²) < 4.78 is 11.4. The Morgan fingerprint density at radius 2 is 2.05 bits per heavy atom. The maximum absolute atomic E-state index is 11.0. The van der Waals surface area contributed by atoms with Crippen molar-refractivity contribution < 1.29 is 14.4 Å². The van der Waals surface area contributed by atoms with Gasteiger partial charge in [-0.1, -0.05) is 15.9 Å². The first kappa shape index (κ1) is 14.3. The molecule has 0 spiro atoms. The maximum atomic E-state index is 11.0. The summed E-state index contributed by atoms with van der Waals surface area (Å²) in [6, 6.07) is 7.97. The second-order valence-electron chi connectivity index (χ2n) is 3.95. The fourth-order valence-corrected chi connectivity index (χ4v) is 1.78. The summed E-state index contributed by atoms with van der Waals surface area (Å²) in [6.07, 6.45) is 0. The summed E-state index contributed by atoms with van der Waals surface area (Å²) in [5.41, 5.74) is 0.736. The number of aromatic nitrogens is 1. The minimum atomic E-state index is -0.548. The number of benzene rings is 1. The Morgan fingerprint density at radius 3 is 2.65 bits per heavy atom. The summed E-state index contributed by atoms with van der Waals surface area (Å²) in [5.74, 6) is 0.616. The molecule has 6 nitrogen and oxygen atoms in total. The number of pyridine rings is 1.